The molecule has 2 rings (SSSR count). The number of hydrogen-bond donors (Lipinski definition) is 1. The van der Waals surface area contributed by atoms with Crippen LogP contribution in [0.25, 0.3) is 0 Å². The van der Waals surface area contributed by atoms with Crippen molar-refractivity contribution in [3.8, 4) is 0 Å². The number of piperidine rings is 1. The third-order valence-corrected chi connectivity index (χ3v) is 2.72. The average Bonchev–Trinajstić information content (AvgIpc) is 2.39. The molecule has 0 aromatic carbocycles. The zero-order valence-corrected chi connectivity index (χ0v) is 6.40. The van der Waals surface area contributed by atoms with Crippen LogP contribution in [-0.2, 0) is 0 Å². The molecule has 10 heavy (non-hydrogen) atoms. The summed E-state index contributed by atoms with van der Waals surface area (Å²) in [5.41, 5.74) is 0.457. The van der Waals surface area contributed by atoms with Crippen molar-refractivity contribution in [3.63, 3.8) is 0 Å². The molecule has 2 nitrogen and oxygen atoms in total. The minimum absolute atomic E-state index is 0.457. The molecular weight excluding hydrogens is 124 g/mol. The highest BCUT2D eigenvalue weighted by atomic mass is 15.1. The van der Waals surface area contributed by atoms with Gasteiger partial charge in [-0.2, -0.15) is 0 Å². The van der Waals surface area contributed by atoms with E-state index in [2.05, 4.69) is 10.6 Å². The monoisotopic (exact) mass is 139 g/mol. The van der Waals surface area contributed by atoms with E-state index in [4.69, 9.17) is 0 Å². The lowest BCUT2D eigenvalue weighted by Gasteiger charge is -2.32. The minimum Gasteiger partial charge on any atom is -0.310 e. The predicted molar refractivity (Wildman–Crippen MR) is 41.1 cm³/mol. The Kier molecular flexibility index (Phi) is 1.66. The van der Waals surface area contributed by atoms with Crippen molar-refractivity contribution >= 4 is 0 Å². The highest BCUT2D eigenvalue weighted by Gasteiger charge is 2.34. The first-order valence-corrected chi connectivity index (χ1v) is 4.30. The molecule has 2 saturated heterocycles. The van der Waals surface area contributed by atoms with Crippen molar-refractivity contribution in [2.24, 2.45) is 0 Å². The number of rotatable bonds is 0. The van der Waals surface area contributed by atoms with Gasteiger partial charge in [0.05, 0.1) is 0 Å². The summed E-state index contributed by atoms with van der Waals surface area (Å²) in [7, 11) is 0. The molecule has 0 bridgehead atoms. The fourth-order valence-electron chi connectivity index (χ4n) is 2.12. The quantitative estimate of drug-likeness (QED) is 0.520. The molecule has 0 amide bonds. The van der Waals surface area contributed by atoms with Crippen LogP contribution in [0, 0.1) is 0 Å². The third-order valence-electron chi connectivity index (χ3n) is 2.72. The lowest BCUT2D eigenvalue weighted by molar-refractivity contribution is 0.278. The molecule has 1 radical (unpaired) electrons. The number of hydrogen-bond acceptors (Lipinski definition) is 1. The van der Waals surface area contributed by atoms with E-state index in [1.165, 1.54) is 32.2 Å². The van der Waals surface area contributed by atoms with Crippen molar-refractivity contribution in [1.82, 2.24) is 10.6 Å². The molecular formula is C8H15N2. The van der Waals surface area contributed by atoms with Gasteiger partial charge in [-0.1, -0.05) is 0 Å². The lowest BCUT2D eigenvalue weighted by Crippen LogP contribution is -2.49. The van der Waals surface area contributed by atoms with Gasteiger partial charge < -0.3 is 5.32 Å². The Bertz CT molecular complexity index is 108. The molecule has 2 heteroatoms. The van der Waals surface area contributed by atoms with E-state index in [0.717, 1.165) is 13.1 Å². The van der Waals surface area contributed by atoms with Crippen LogP contribution in [-0.4, -0.2) is 25.2 Å². The maximum Gasteiger partial charge on any atom is 0.0323 e. The van der Waals surface area contributed by atoms with Crippen molar-refractivity contribution in [2.45, 2.75) is 31.2 Å². The molecule has 1 N–H and O–H groups in total. The van der Waals surface area contributed by atoms with E-state index >= 15 is 0 Å². The molecule has 2 fully saturated rings. The van der Waals surface area contributed by atoms with E-state index in [-0.39, 0.29) is 0 Å². The van der Waals surface area contributed by atoms with Gasteiger partial charge in [0.2, 0.25) is 0 Å². The van der Waals surface area contributed by atoms with E-state index in [0.29, 0.717) is 5.54 Å². The Morgan fingerprint density at radius 1 is 1.20 bits per heavy atom. The summed E-state index contributed by atoms with van der Waals surface area (Å²) >= 11 is 0. The Morgan fingerprint density at radius 3 is 2.70 bits per heavy atom. The zero-order chi connectivity index (χ0) is 6.86. The van der Waals surface area contributed by atoms with Gasteiger partial charge in [0, 0.05) is 18.6 Å². The number of nitrogens with one attached hydrogen (secondary N) is 1. The summed E-state index contributed by atoms with van der Waals surface area (Å²) < 4.78 is 0. The van der Waals surface area contributed by atoms with E-state index in [1.54, 1.807) is 0 Å². The first-order chi connectivity index (χ1) is 4.91. The van der Waals surface area contributed by atoms with E-state index in [9.17, 15) is 0 Å². The van der Waals surface area contributed by atoms with Gasteiger partial charge in [0.15, 0.2) is 0 Å². The molecule has 2 aliphatic heterocycles. The summed E-state index contributed by atoms with van der Waals surface area (Å²) in [6, 6.07) is 0. The van der Waals surface area contributed by atoms with Gasteiger partial charge in [-0.15, -0.1) is 0 Å². The second kappa shape index (κ2) is 2.51. The van der Waals surface area contributed by atoms with Gasteiger partial charge in [-0.25, -0.2) is 5.32 Å². The first kappa shape index (κ1) is 6.62. The van der Waals surface area contributed by atoms with Crippen molar-refractivity contribution in [3.05, 3.63) is 0 Å². The molecule has 2 aliphatic rings. The molecule has 0 aromatic rings. The van der Waals surface area contributed by atoms with Crippen LogP contribution in [0.5, 0.6) is 0 Å². The van der Waals surface area contributed by atoms with Crippen LogP contribution in [0.1, 0.15) is 25.7 Å². The smallest absolute Gasteiger partial charge is 0.0323 e. The van der Waals surface area contributed by atoms with Crippen LogP contribution in [0.3, 0.4) is 0 Å². The molecule has 0 aliphatic carbocycles. The highest BCUT2D eigenvalue weighted by molar-refractivity contribution is 4.96. The molecule has 57 valence electrons. The summed E-state index contributed by atoms with van der Waals surface area (Å²) in [4.78, 5) is 0. The Hall–Kier alpha value is -0.0800. The highest BCUT2D eigenvalue weighted by Crippen LogP contribution is 2.26. The largest absolute Gasteiger partial charge is 0.310 e. The van der Waals surface area contributed by atoms with Crippen LogP contribution in [0.2, 0.25) is 0 Å². The Balaban J connectivity index is 1.98. The van der Waals surface area contributed by atoms with E-state index in [1.807, 2.05) is 0 Å². The molecule has 2 heterocycles. The second-order valence-electron chi connectivity index (χ2n) is 3.52. The normalized spacial score (nSPS) is 40.8. The van der Waals surface area contributed by atoms with Gasteiger partial charge in [0.1, 0.15) is 0 Å². The maximum absolute atomic E-state index is 4.45. The maximum atomic E-state index is 4.45. The van der Waals surface area contributed by atoms with Crippen LogP contribution >= 0.6 is 0 Å². The summed E-state index contributed by atoms with van der Waals surface area (Å²) in [5, 5.41) is 8.03. The fourth-order valence-corrected chi connectivity index (χ4v) is 2.12. The average molecular weight is 139 g/mol. The minimum atomic E-state index is 0.457. The lowest BCUT2D eigenvalue weighted by atomic mass is 9.89. The van der Waals surface area contributed by atoms with Crippen LogP contribution < -0.4 is 10.6 Å². The molecule has 0 aromatic heterocycles. The summed E-state index contributed by atoms with van der Waals surface area (Å²) in [5.74, 6) is 0. The standard InChI is InChI=1S/C8H15N2/c1-3-8(7-9-5-1)4-2-6-10-8/h10H,1-7H2. The Morgan fingerprint density at radius 2 is 2.10 bits per heavy atom. The summed E-state index contributed by atoms with van der Waals surface area (Å²) in [6.07, 6.45) is 5.37. The van der Waals surface area contributed by atoms with Crippen molar-refractivity contribution in [1.29, 1.82) is 0 Å². The molecule has 1 atom stereocenters. The third kappa shape index (κ3) is 1.06. The zero-order valence-electron chi connectivity index (χ0n) is 6.40. The topological polar surface area (TPSA) is 26.1 Å². The second-order valence-corrected chi connectivity index (χ2v) is 3.52. The van der Waals surface area contributed by atoms with Crippen molar-refractivity contribution < 1.29 is 0 Å². The van der Waals surface area contributed by atoms with Crippen molar-refractivity contribution in [2.75, 3.05) is 19.6 Å². The summed E-state index contributed by atoms with van der Waals surface area (Å²) in [6.45, 7) is 3.39. The predicted octanol–water partition coefficient (Wildman–Crippen LogP) is 0.507. The van der Waals surface area contributed by atoms with E-state index < -0.39 is 0 Å². The molecule has 1 unspecified atom stereocenters. The molecule has 1 spiro atoms. The van der Waals surface area contributed by atoms with Gasteiger partial charge in [-0.05, 0) is 32.2 Å². The van der Waals surface area contributed by atoms with Gasteiger partial charge in [0.25, 0.3) is 0 Å². The van der Waals surface area contributed by atoms with Crippen LogP contribution in [0.4, 0.5) is 0 Å². The Labute approximate surface area is 62.4 Å². The van der Waals surface area contributed by atoms with Gasteiger partial charge in [-0.3, -0.25) is 0 Å². The number of nitrogens with zero attached hydrogens (tertiary/aromatic N) is 1. The first-order valence-electron chi connectivity index (χ1n) is 4.30. The SMILES string of the molecule is C1C[N]CC2(C1)CCCN2. The fraction of sp³-hybridized carbons (Fsp3) is 1.00. The molecule has 0 saturated carbocycles. The van der Waals surface area contributed by atoms with Gasteiger partial charge >= 0.3 is 0 Å². The van der Waals surface area contributed by atoms with Crippen LogP contribution in [0.15, 0.2) is 0 Å².